The van der Waals surface area contributed by atoms with Crippen molar-refractivity contribution in [1.82, 2.24) is 5.32 Å². The Morgan fingerprint density at radius 3 is 2.58 bits per heavy atom. The number of amides is 1. The maximum atomic E-state index is 11.9. The normalized spacial score (nSPS) is 10.3. The molecule has 1 rings (SSSR count). The van der Waals surface area contributed by atoms with Gasteiger partial charge in [0.15, 0.2) is 0 Å². The number of hydrogen-bond acceptors (Lipinski definition) is 3. The highest BCUT2D eigenvalue weighted by Crippen LogP contribution is 2.17. The fraction of sp³-hybridized carbons (Fsp3) is 0.462. The largest absolute Gasteiger partial charge is 0.435 e. The van der Waals surface area contributed by atoms with Crippen molar-refractivity contribution in [2.75, 3.05) is 18.4 Å². The number of benzene rings is 1. The number of carbonyl (C=O) groups excluding carboxylic acids is 1. The second-order valence-corrected chi connectivity index (χ2v) is 3.96. The van der Waals surface area contributed by atoms with Crippen molar-refractivity contribution in [2.24, 2.45) is 0 Å². The maximum absolute atomic E-state index is 11.9. The standard InChI is InChI=1S/C13H18F2N2O2/c1-2-3-8-16-12(18)9-17-10-4-6-11(7-5-10)19-13(14)15/h4-7,13,17H,2-3,8-9H2,1H3,(H,16,18). The van der Waals surface area contributed by atoms with Crippen molar-refractivity contribution in [2.45, 2.75) is 26.4 Å². The number of carbonyl (C=O) groups is 1. The Kier molecular flexibility index (Phi) is 6.63. The predicted octanol–water partition coefficient (Wildman–Crippen LogP) is 2.62. The summed E-state index contributed by atoms with van der Waals surface area (Å²) in [6, 6.07) is 6.00. The van der Waals surface area contributed by atoms with E-state index in [0.29, 0.717) is 12.2 Å². The van der Waals surface area contributed by atoms with Crippen LogP contribution in [0.15, 0.2) is 24.3 Å². The number of alkyl halides is 2. The molecule has 0 aliphatic carbocycles. The number of anilines is 1. The number of nitrogens with one attached hydrogen (secondary N) is 2. The van der Waals surface area contributed by atoms with E-state index in [4.69, 9.17) is 0 Å². The summed E-state index contributed by atoms with van der Waals surface area (Å²) in [5, 5.41) is 5.66. The number of unbranched alkanes of at least 4 members (excludes halogenated alkanes) is 1. The van der Waals surface area contributed by atoms with E-state index in [0.717, 1.165) is 12.8 Å². The second kappa shape index (κ2) is 8.29. The second-order valence-electron chi connectivity index (χ2n) is 3.96. The lowest BCUT2D eigenvalue weighted by Crippen LogP contribution is -2.30. The van der Waals surface area contributed by atoms with Crippen LogP contribution in [0.2, 0.25) is 0 Å². The van der Waals surface area contributed by atoms with Crippen molar-refractivity contribution in [3.63, 3.8) is 0 Å². The highest BCUT2D eigenvalue weighted by molar-refractivity contribution is 5.80. The van der Waals surface area contributed by atoms with Crippen LogP contribution >= 0.6 is 0 Å². The van der Waals surface area contributed by atoms with Gasteiger partial charge in [-0.05, 0) is 30.7 Å². The highest BCUT2D eigenvalue weighted by Gasteiger charge is 2.04. The molecule has 0 heterocycles. The Balaban J connectivity index is 2.31. The van der Waals surface area contributed by atoms with Crippen molar-refractivity contribution in [1.29, 1.82) is 0 Å². The van der Waals surface area contributed by atoms with E-state index in [1.54, 1.807) is 12.1 Å². The number of ether oxygens (including phenoxy) is 1. The molecule has 1 amide bonds. The van der Waals surface area contributed by atoms with Crippen LogP contribution in [0.3, 0.4) is 0 Å². The molecule has 4 nitrogen and oxygen atoms in total. The minimum absolute atomic E-state index is 0.0907. The molecule has 0 radical (unpaired) electrons. The minimum atomic E-state index is -2.83. The lowest BCUT2D eigenvalue weighted by atomic mass is 10.3. The van der Waals surface area contributed by atoms with Gasteiger partial charge < -0.3 is 15.4 Å². The van der Waals surface area contributed by atoms with Crippen LogP contribution in [0, 0.1) is 0 Å². The summed E-state index contributed by atoms with van der Waals surface area (Å²) in [6.45, 7) is 0.0350. The summed E-state index contributed by atoms with van der Waals surface area (Å²) >= 11 is 0. The molecule has 0 spiro atoms. The minimum Gasteiger partial charge on any atom is -0.435 e. The van der Waals surface area contributed by atoms with Crippen LogP contribution in [0.5, 0.6) is 5.75 Å². The van der Waals surface area contributed by atoms with E-state index in [9.17, 15) is 13.6 Å². The molecular weight excluding hydrogens is 254 g/mol. The summed E-state index contributed by atoms with van der Waals surface area (Å²) in [7, 11) is 0. The summed E-state index contributed by atoms with van der Waals surface area (Å²) in [5.74, 6) is -0.00527. The van der Waals surface area contributed by atoms with E-state index >= 15 is 0 Å². The Bertz CT molecular complexity index is 383. The van der Waals surface area contributed by atoms with Gasteiger partial charge in [-0.25, -0.2) is 0 Å². The van der Waals surface area contributed by atoms with Gasteiger partial charge in [0, 0.05) is 12.2 Å². The molecular formula is C13H18F2N2O2. The van der Waals surface area contributed by atoms with E-state index in [-0.39, 0.29) is 18.2 Å². The van der Waals surface area contributed by atoms with Gasteiger partial charge in [-0.3, -0.25) is 4.79 Å². The first-order chi connectivity index (χ1) is 9.11. The maximum Gasteiger partial charge on any atom is 0.387 e. The molecule has 0 atom stereocenters. The lowest BCUT2D eigenvalue weighted by molar-refractivity contribution is -0.119. The van der Waals surface area contributed by atoms with Gasteiger partial charge in [-0.1, -0.05) is 13.3 Å². The molecule has 0 saturated heterocycles. The summed E-state index contributed by atoms with van der Waals surface area (Å²) in [6.07, 6.45) is 1.98. The molecule has 106 valence electrons. The predicted molar refractivity (Wildman–Crippen MR) is 69.5 cm³/mol. The fourth-order valence-electron chi connectivity index (χ4n) is 1.40. The van der Waals surface area contributed by atoms with Gasteiger partial charge in [0.25, 0.3) is 0 Å². The summed E-state index contributed by atoms with van der Waals surface area (Å²) in [5.41, 5.74) is 0.673. The van der Waals surface area contributed by atoms with Crippen LogP contribution < -0.4 is 15.4 Å². The van der Waals surface area contributed by atoms with Gasteiger partial charge >= 0.3 is 6.61 Å². The topological polar surface area (TPSA) is 50.4 Å². The molecule has 19 heavy (non-hydrogen) atoms. The molecule has 6 heteroatoms. The average molecular weight is 272 g/mol. The Labute approximate surface area is 111 Å². The van der Waals surface area contributed by atoms with Crippen molar-refractivity contribution >= 4 is 11.6 Å². The van der Waals surface area contributed by atoms with Crippen LogP contribution in [-0.2, 0) is 4.79 Å². The molecule has 0 aromatic heterocycles. The van der Waals surface area contributed by atoms with Crippen LogP contribution in [0.1, 0.15) is 19.8 Å². The van der Waals surface area contributed by atoms with Gasteiger partial charge in [-0.2, -0.15) is 8.78 Å². The number of hydrogen-bond donors (Lipinski definition) is 2. The SMILES string of the molecule is CCCCNC(=O)CNc1ccc(OC(F)F)cc1. The smallest absolute Gasteiger partial charge is 0.387 e. The molecule has 2 N–H and O–H groups in total. The van der Waals surface area contributed by atoms with Crippen molar-refractivity contribution in [3.05, 3.63) is 24.3 Å². The Morgan fingerprint density at radius 1 is 1.32 bits per heavy atom. The van der Waals surface area contributed by atoms with Gasteiger partial charge in [0.1, 0.15) is 5.75 Å². The quantitative estimate of drug-likeness (QED) is 0.715. The first kappa shape index (κ1) is 15.2. The molecule has 0 aliphatic rings. The molecule has 1 aromatic rings. The lowest BCUT2D eigenvalue weighted by Gasteiger charge is -2.08. The highest BCUT2D eigenvalue weighted by atomic mass is 19.3. The summed E-state index contributed by atoms with van der Waals surface area (Å²) < 4.78 is 28.1. The zero-order valence-electron chi connectivity index (χ0n) is 10.8. The van der Waals surface area contributed by atoms with Crippen molar-refractivity contribution in [3.8, 4) is 5.75 Å². The van der Waals surface area contributed by atoms with E-state index in [1.807, 2.05) is 6.92 Å². The third kappa shape index (κ3) is 6.59. The fourth-order valence-corrected chi connectivity index (χ4v) is 1.40. The molecule has 0 fully saturated rings. The molecule has 0 saturated carbocycles. The van der Waals surface area contributed by atoms with Gasteiger partial charge in [-0.15, -0.1) is 0 Å². The first-order valence-electron chi connectivity index (χ1n) is 6.17. The third-order valence-corrected chi connectivity index (χ3v) is 2.39. The first-order valence-corrected chi connectivity index (χ1v) is 6.17. The molecule has 0 aliphatic heterocycles. The van der Waals surface area contributed by atoms with Crippen LogP contribution in [0.4, 0.5) is 14.5 Å². The third-order valence-electron chi connectivity index (χ3n) is 2.39. The molecule has 1 aromatic carbocycles. The van der Waals surface area contributed by atoms with E-state index < -0.39 is 6.61 Å². The van der Waals surface area contributed by atoms with Crippen LogP contribution in [-0.4, -0.2) is 25.6 Å². The summed E-state index contributed by atoms with van der Waals surface area (Å²) in [4.78, 5) is 11.4. The Morgan fingerprint density at radius 2 is 2.00 bits per heavy atom. The van der Waals surface area contributed by atoms with Crippen LogP contribution in [0.25, 0.3) is 0 Å². The van der Waals surface area contributed by atoms with Crippen molar-refractivity contribution < 1.29 is 18.3 Å². The average Bonchev–Trinajstić information content (AvgIpc) is 2.37. The number of halogens is 2. The van der Waals surface area contributed by atoms with E-state index in [1.165, 1.54) is 12.1 Å². The van der Waals surface area contributed by atoms with E-state index in [2.05, 4.69) is 15.4 Å². The zero-order valence-corrected chi connectivity index (χ0v) is 10.8. The zero-order chi connectivity index (χ0) is 14.1. The van der Waals surface area contributed by atoms with Gasteiger partial charge in [0.05, 0.1) is 6.54 Å². The molecule has 0 bridgehead atoms. The number of rotatable bonds is 8. The monoisotopic (exact) mass is 272 g/mol. The Hall–Kier alpha value is -1.85. The van der Waals surface area contributed by atoms with Gasteiger partial charge in [0.2, 0.25) is 5.91 Å². The molecule has 0 unspecified atom stereocenters.